The molecule has 2 bridgehead atoms. The molecule has 3 heterocycles. The van der Waals surface area contributed by atoms with E-state index in [1.54, 1.807) is 0 Å². The molecule has 0 aliphatic carbocycles. The van der Waals surface area contributed by atoms with Crippen molar-refractivity contribution in [1.82, 2.24) is 10.2 Å². The quantitative estimate of drug-likeness (QED) is 0.791. The van der Waals surface area contributed by atoms with E-state index in [0.29, 0.717) is 18.4 Å². The number of carbonyl (C=O) groups is 1. The van der Waals surface area contributed by atoms with Crippen LogP contribution in [0.4, 0.5) is 0 Å². The highest BCUT2D eigenvalue weighted by Crippen LogP contribution is 2.36. The summed E-state index contributed by atoms with van der Waals surface area (Å²) in [5.74, 6) is 1.64. The zero-order chi connectivity index (χ0) is 14.0. The van der Waals surface area contributed by atoms with E-state index in [-0.39, 0.29) is 11.3 Å². The molecule has 0 aromatic heterocycles. The number of nitrogens with zero attached hydrogens (tertiary/aromatic N) is 1. The summed E-state index contributed by atoms with van der Waals surface area (Å²) in [5.41, 5.74) is 0.0733. The third-order valence-corrected chi connectivity index (χ3v) is 4.46. The maximum Gasteiger partial charge on any atom is 0.220 e. The van der Waals surface area contributed by atoms with E-state index in [1.165, 1.54) is 19.4 Å². The number of piperidine rings is 3. The fraction of sp³-hybridized carbons (Fsp3) is 0.812. The molecule has 3 saturated heterocycles. The first-order valence-corrected chi connectivity index (χ1v) is 7.52. The van der Waals surface area contributed by atoms with E-state index < -0.39 is 0 Å². The van der Waals surface area contributed by atoms with Crippen molar-refractivity contribution in [2.75, 3.05) is 19.6 Å². The first-order valence-electron chi connectivity index (χ1n) is 7.52. The van der Waals surface area contributed by atoms with Crippen molar-refractivity contribution in [2.45, 2.75) is 46.1 Å². The molecule has 3 rings (SSSR count). The van der Waals surface area contributed by atoms with Crippen LogP contribution in [-0.4, -0.2) is 36.5 Å². The second-order valence-electron chi connectivity index (χ2n) is 7.37. The van der Waals surface area contributed by atoms with E-state index in [4.69, 9.17) is 0 Å². The Bertz CT molecular complexity index is 345. The Morgan fingerprint density at radius 1 is 1.47 bits per heavy atom. The van der Waals surface area contributed by atoms with Gasteiger partial charge >= 0.3 is 0 Å². The summed E-state index contributed by atoms with van der Waals surface area (Å²) >= 11 is 0. The maximum atomic E-state index is 11.9. The van der Waals surface area contributed by atoms with E-state index in [1.807, 2.05) is 0 Å². The molecular formula is C16H28N2O. The Labute approximate surface area is 117 Å². The molecule has 108 valence electrons. The molecule has 1 unspecified atom stereocenters. The molecule has 3 fully saturated rings. The zero-order valence-electron chi connectivity index (χ0n) is 12.6. The van der Waals surface area contributed by atoms with Gasteiger partial charge in [0.25, 0.3) is 0 Å². The Balaban J connectivity index is 1.79. The van der Waals surface area contributed by atoms with Gasteiger partial charge in [0.2, 0.25) is 5.91 Å². The first-order chi connectivity index (χ1) is 8.89. The number of fused-ring (bicyclic) bond motifs is 3. The van der Waals surface area contributed by atoms with E-state index >= 15 is 0 Å². The lowest BCUT2D eigenvalue weighted by Crippen LogP contribution is -2.56. The van der Waals surface area contributed by atoms with Gasteiger partial charge in [-0.1, -0.05) is 26.8 Å². The molecule has 1 amide bonds. The van der Waals surface area contributed by atoms with Gasteiger partial charge in [-0.3, -0.25) is 9.69 Å². The molecular weight excluding hydrogens is 236 g/mol. The van der Waals surface area contributed by atoms with Crippen LogP contribution in [0.3, 0.4) is 0 Å². The van der Waals surface area contributed by atoms with Crippen LogP contribution in [0.25, 0.3) is 0 Å². The van der Waals surface area contributed by atoms with Gasteiger partial charge in [-0.25, -0.2) is 0 Å². The van der Waals surface area contributed by atoms with Gasteiger partial charge in [0.1, 0.15) is 0 Å². The highest BCUT2D eigenvalue weighted by Gasteiger charge is 2.38. The van der Waals surface area contributed by atoms with Crippen LogP contribution in [0.5, 0.6) is 0 Å². The first kappa shape index (κ1) is 14.6. The van der Waals surface area contributed by atoms with Crippen molar-refractivity contribution in [3.63, 3.8) is 0 Å². The normalized spacial score (nSPS) is 34.1. The van der Waals surface area contributed by atoms with Crippen molar-refractivity contribution in [3.8, 4) is 0 Å². The molecule has 3 heteroatoms. The van der Waals surface area contributed by atoms with Crippen molar-refractivity contribution in [1.29, 1.82) is 0 Å². The Morgan fingerprint density at radius 3 is 2.74 bits per heavy atom. The number of amides is 1. The van der Waals surface area contributed by atoms with Crippen LogP contribution >= 0.6 is 0 Å². The van der Waals surface area contributed by atoms with Gasteiger partial charge in [0.15, 0.2) is 0 Å². The van der Waals surface area contributed by atoms with Crippen molar-refractivity contribution in [2.24, 2.45) is 17.3 Å². The van der Waals surface area contributed by atoms with Crippen LogP contribution < -0.4 is 5.32 Å². The number of carbonyl (C=O) groups excluding carboxylic acids is 1. The molecule has 4 atom stereocenters. The average Bonchev–Trinajstić information content (AvgIpc) is 2.35. The molecule has 0 aromatic rings. The summed E-state index contributed by atoms with van der Waals surface area (Å²) < 4.78 is 0. The molecule has 3 aliphatic heterocycles. The summed E-state index contributed by atoms with van der Waals surface area (Å²) in [6, 6.07) is 0.541. The van der Waals surface area contributed by atoms with E-state index in [2.05, 4.69) is 43.6 Å². The monoisotopic (exact) mass is 264 g/mol. The molecule has 0 radical (unpaired) electrons. The van der Waals surface area contributed by atoms with Gasteiger partial charge in [0, 0.05) is 25.6 Å². The number of rotatable bonds is 4. The van der Waals surface area contributed by atoms with E-state index in [0.717, 1.165) is 19.0 Å². The molecule has 19 heavy (non-hydrogen) atoms. The Morgan fingerprint density at radius 2 is 2.21 bits per heavy atom. The standard InChI is InChI=1S/C16H28N2O/c1-5-12-11-18-7-6-13(12)8-14(18)10-17-15(19)9-16(2,3)4/h5,12-14H,1,6-11H2,2-4H3,(H,17,19)/t12-,13-,14+/m0/s1. The predicted molar refractivity (Wildman–Crippen MR) is 78.9 cm³/mol. The predicted octanol–water partition coefficient (Wildman–Crippen LogP) is 2.44. The molecule has 3 nitrogen and oxygen atoms in total. The number of nitrogens with one attached hydrogen (secondary N) is 1. The summed E-state index contributed by atoms with van der Waals surface area (Å²) in [6.07, 6.45) is 5.24. The van der Waals surface area contributed by atoms with Gasteiger partial charge in [-0.05, 0) is 36.6 Å². The lowest BCUT2D eigenvalue weighted by Gasteiger charge is -2.49. The van der Waals surface area contributed by atoms with E-state index in [9.17, 15) is 4.79 Å². The van der Waals surface area contributed by atoms with Crippen LogP contribution in [0.2, 0.25) is 0 Å². The minimum Gasteiger partial charge on any atom is -0.355 e. The Kier molecular flexibility index (Phi) is 4.34. The van der Waals surface area contributed by atoms with Gasteiger partial charge in [-0.15, -0.1) is 6.58 Å². The third kappa shape index (κ3) is 3.82. The smallest absolute Gasteiger partial charge is 0.220 e. The van der Waals surface area contributed by atoms with Crippen molar-refractivity contribution >= 4 is 5.91 Å². The summed E-state index contributed by atoms with van der Waals surface area (Å²) in [7, 11) is 0. The Hall–Kier alpha value is -0.830. The molecule has 0 saturated carbocycles. The second-order valence-corrected chi connectivity index (χ2v) is 7.37. The number of hydrogen-bond donors (Lipinski definition) is 1. The SMILES string of the molecule is C=C[C@H]1CN2CC[C@H]1C[C@@H]2CNC(=O)CC(C)(C)C. The van der Waals surface area contributed by atoms with Crippen LogP contribution in [-0.2, 0) is 4.79 Å². The summed E-state index contributed by atoms with van der Waals surface area (Å²) in [6.45, 7) is 13.4. The van der Waals surface area contributed by atoms with Crippen LogP contribution in [0, 0.1) is 17.3 Å². The lowest BCUT2D eigenvalue weighted by molar-refractivity contribution is -0.123. The highest BCUT2D eigenvalue weighted by atomic mass is 16.1. The zero-order valence-corrected chi connectivity index (χ0v) is 12.6. The minimum absolute atomic E-state index is 0.0733. The molecule has 1 N–H and O–H groups in total. The van der Waals surface area contributed by atoms with Crippen LogP contribution in [0.1, 0.15) is 40.0 Å². The lowest BCUT2D eigenvalue weighted by atomic mass is 9.75. The number of hydrogen-bond acceptors (Lipinski definition) is 2. The molecule has 0 spiro atoms. The molecule has 0 aromatic carbocycles. The van der Waals surface area contributed by atoms with Crippen LogP contribution in [0.15, 0.2) is 12.7 Å². The van der Waals surface area contributed by atoms with Gasteiger partial charge in [0.05, 0.1) is 0 Å². The minimum atomic E-state index is 0.0733. The van der Waals surface area contributed by atoms with Crippen molar-refractivity contribution < 1.29 is 4.79 Å². The largest absolute Gasteiger partial charge is 0.355 e. The van der Waals surface area contributed by atoms with Gasteiger partial charge < -0.3 is 5.32 Å². The maximum absolute atomic E-state index is 11.9. The third-order valence-electron chi connectivity index (χ3n) is 4.46. The van der Waals surface area contributed by atoms with Crippen molar-refractivity contribution in [3.05, 3.63) is 12.7 Å². The highest BCUT2D eigenvalue weighted by molar-refractivity contribution is 5.76. The summed E-state index contributed by atoms with van der Waals surface area (Å²) in [5, 5.41) is 3.12. The summed E-state index contributed by atoms with van der Waals surface area (Å²) in [4.78, 5) is 14.4. The fourth-order valence-electron chi connectivity index (χ4n) is 3.43. The fourth-order valence-corrected chi connectivity index (χ4v) is 3.43. The second kappa shape index (κ2) is 5.66. The average molecular weight is 264 g/mol. The van der Waals surface area contributed by atoms with Gasteiger partial charge in [-0.2, -0.15) is 0 Å². The topological polar surface area (TPSA) is 32.3 Å². The molecule has 3 aliphatic rings.